The minimum absolute atomic E-state index is 0.0279. The van der Waals surface area contributed by atoms with Gasteiger partial charge in [0, 0.05) is 32.0 Å². The predicted octanol–water partition coefficient (Wildman–Crippen LogP) is 12.9. The molecule has 0 aliphatic rings. The zero-order valence-electron chi connectivity index (χ0n) is 38.1. The molecule has 0 amide bonds. The van der Waals surface area contributed by atoms with E-state index in [9.17, 15) is 0 Å². The van der Waals surface area contributed by atoms with Gasteiger partial charge in [-0.2, -0.15) is 0 Å². The van der Waals surface area contributed by atoms with Gasteiger partial charge in [0.1, 0.15) is 17.3 Å². The molecule has 0 fully saturated rings. The highest BCUT2D eigenvalue weighted by molar-refractivity contribution is 6.09. The van der Waals surface area contributed by atoms with Crippen LogP contribution in [0.4, 0.5) is 0 Å². The minimum Gasteiger partial charge on any atom is -0.456 e. The number of ether oxygens (including phenoxy) is 1. The second-order valence-electron chi connectivity index (χ2n) is 19.8. The largest absolute Gasteiger partial charge is 0.456 e. The number of hydrogen-bond acceptors (Lipinski definition) is 3. The molecular formula is C52H57N5O. The number of rotatable bonds is 6. The van der Waals surface area contributed by atoms with Gasteiger partial charge in [-0.1, -0.05) is 119 Å². The maximum absolute atomic E-state index is 9.08. The maximum Gasteiger partial charge on any atom is 0.269 e. The molecule has 0 radical (unpaired) electrons. The lowest BCUT2D eigenvalue weighted by atomic mass is 9.80. The fourth-order valence-corrected chi connectivity index (χ4v) is 7.60. The summed E-state index contributed by atoms with van der Waals surface area (Å²) in [5.74, 6) is 2.03. The van der Waals surface area contributed by atoms with Crippen molar-refractivity contribution in [2.24, 2.45) is 5.41 Å². The lowest BCUT2D eigenvalue weighted by Crippen LogP contribution is -2.31. The number of hydrogen-bond donors (Lipinski definition) is 0. The number of benzene rings is 4. The van der Waals surface area contributed by atoms with Crippen LogP contribution in [0.1, 0.15) is 108 Å². The first-order valence-electron chi connectivity index (χ1n) is 21.3. The highest BCUT2D eigenvalue weighted by atomic mass is 16.5. The van der Waals surface area contributed by atoms with Crippen LogP contribution in [0.5, 0.6) is 11.5 Å². The van der Waals surface area contributed by atoms with E-state index in [-0.39, 0.29) is 16.2 Å². The quantitative estimate of drug-likeness (QED) is 0.125. The van der Waals surface area contributed by atoms with Crippen molar-refractivity contribution in [1.29, 1.82) is 0 Å². The van der Waals surface area contributed by atoms with Crippen molar-refractivity contribution in [3.8, 4) is 28.7 Å². The van der Waals surface area contributed by atoms with Crippen molar-refractivity contribution in [3.63, 3.8) is 0 Å². The molecule has 0 bridgehead atoms. The van der Waals surface area contributed by atoms with E-state index in [1.54, 1.807) is 6.20 Å². The fourth-order valence-electron chi connectivity index (χ4n) is 7.60. The first-order valence-corrected chi connectivity index (χ1v) is 20.3. The molecule has 0 spiro atoms. The van der Waals surface area contributed by atoms with Gasteiger partial charge in [-0.3, -0.25) is 18.7 Å². The Labute approximate surface area is 347 Å². The predicted molar refractivity (Wildman–Crippen MR) is 239 cm³/mol. The Hall–Kier alpha value is -5.75. The molecule has 8 rings (SSSR count). The molecule has 0 aliphatic heterocycles. The van der Waals surface area contributed by atoms with Crippen LogP contribution < -0.4 is 9.30 Å². The molecule has 4 heterocycles. The van der Waals surface area contributed by atoms with Gasteiger partial charge in [0.25, 0.3) is 6.33 Å². The highest BCUT2D eigenvalue weighted by Crippen LogP contribution is 2.38. The molecule has 6 heteroatoms. The lowest BCUT2D eigenvalue weighted by Gasteiger charge is -2.26. The van der Waals surface area contributed by atoms with E-state index in [2.05, 4.69) is 148 Å². The smallest absolute Gasteiger partial charge is 0.269 e. The van der Waals surface area contributed by atoms with Crippen LogP contribution in [0, 0.1) is 11.7 Å². The molecule has 0 saturated heterocycles. The van der Waals surface area contributed by atoms with E-state index < -0.39 is 11.8 Å². The van der Waals surface area contributed by atoms with Crippen molar-refractivity contribution in [1.82, 2.24) is 19.1 Å². The summed E-state index contributed by atoms with van der Waals surface area (Å²) in [7, 11) is 0. The average molecular weight is 770 g/mol. The van der Waals surface area contributed by atoms with Crippen molar-refractivity contribution < 1.29 is 12.0 Å². The summed E-state index contributed by atoms with van der Waals surface area (Å²) in [6.07, 6.45) is 7.58. The summed E-state index contributed by atoms with van der Waals surface area (Å²) in [6, 6.07) is 33.5. The molecule has 0 aliphatic carbocycles. The van der Waals surface area contributed by atoms with E-state index in [0.717, 1.165) is 50.0 Å². The van der Waals surface area contributed by atoms with E-state index in [0.29, 0.717) is 17.1 Å². The third-order valence-corrected chi connectivity index (χ3v) is 10.8. The SMILES string of the molecule is [2H]C([2H])(c1ccc2c(c1)c1ccc(Oc3cncc(-n4[c-][n+](-c5cc(C(C)(C)C)cc(C(C)(C)C)c5)c5ccccc54)c3)cc1n2-c1cc(C(C)(C)C)ccn1)C(C)(C)C. The Balaban J connectivity index is 1.24. The third kappa shape index (κ3) is 7.65. The van der Waals surface area contributed by atoms with Crippen molar-refractivity contribution in [3.05, 3.63) is 144 Å². The second-order valence-corrected chi connectivity index (χ2v) is 19.8. The summed E-state index contributed by atoms with van der Waals surface area (Å²) in [6.45, 7) is 26.0. The number of nitrogens with zero attached hydrogens (tertiary/aromatic N) is 5. The summed E-state index contributed by atoms with van der Waals surface area (Å²) >= 11 is 0. The average Bonchev–Trinajstić information content (AvgIpc) is 3.72. The van der Waals surface area contributed by atoms with Crippen LogP contribution in [0.3, 0.4) is 0 Å². The molecule has 58 heavy (non-hydrogen) atoms. The van der Waals surface area contributed by atoms with E-state index in [1.165, 1.54) is 16.7 Å². The van der Waals surface area contributed by atoms with Crippen molar-refractivity contribution in [2.45, 2.75) is 106 Å². The summed E-state index contributed by atoms with van der Waals surface area (Å²) in [5.41, 5.74) is 9.44. The molecule has 296 valence electrons. The van der Waals surface area contributed by atoms with Crippen molar-refractivity contribution in [2.75, 3.05) is 0 Å². The Morgan fingerprint density at radius 2 is 1.34 bits per heavy atom. The van der Waals surface area contributed by atoms with Gasteiger partial charge < -0.3 is 4.74 Å². The maximum atomic E-state index is 9.08. The number of pyridine rings is 2. The molecule has 6 nitrogen and oxygen atoms in total. The molecule has 0 N–H and O–H groups in total. The second kappa shape index (κ2) is 14.0. The molecule has 0 atom stereocenters. The van der Waals surface area contributed by atoms with Gasteiger partial charge in [-0.25, -0.2) is 4.98 Å². The van der Waals surface area contributed by atoms with Crippen molar-refractivity contribution >= 4 is 32.8 Å². The van der Waals surface area contributed by atoms with Gasteiger partial charge in [0.05, 0.1) is 39.6 Å². The number of aromatic nitrogens is 5. The van der Waals surface area contributed by atoms with Gasteiger partial charge in [-0.05, 0) is 105 Å². The standard InChI is InChI=1S/C52H57N5O/c1-49(2,3)30-34-17-20-44-43(23-34)42-19-18-40(29-47(42)57(44)48-27-35(21-22-54-48)50(4,5)6)58-41-28-39(31-53-32-41)56-33-55(45-15-13-14-16-46(45)56)38-25-36(51(7,8)9)24-37(26-38)52(10,11)12/h13-29,31-32H,30H2,1-12H3/i30D2. The van der Waals surface area contributed by atoms with E-state index >= 15 is 0 Å². The zero-order chi connectivity index (χ0) is 43.2. The normalized spacial score (nSPS) is 13.7. The Morgan fingerprint density at radius 3 is 2.03 bits per heavy atom. The number of fused-ring (bicyclic) bond motifs is 4. The Bertz CT molecular complexity index is 2890. The van der Waals surface area contributed by atoms with Crippen LogP contribution in [0.2, 0.25) is 0 Å². The molecule has 0 unspecified atom stereocenters. The van der Waals surface area contributed by atoms with E-state index in [4.69, 9.17) is 12.5 Å². The Morgan fingerprint density at radius 1 is 0.638 bits per heavy atom. The number of para-hydroxylation sites is 2. The lowest BCUT2D eigenvalue weighted by molar-refractivity contribution is -0.572. The topological polar surface area (TPSA) is 48.8 Å². The van der Waals surface area contributed by atoms with Crippen LogP contribution in [-0.4, -0.2) is 19.1 Å². The molecule has 0 saturated carbocycles. The monoisotopic (exact) mass is 769 g/mol. The van der Waals surface area contributed by atoms with Crippen LogP contribution in [0.15, 0.2) is 116 Å². The highest BCUT2D eigenvalue weighted by Gasteiger charge is 2.24. The summed E-state index contributed by atoms with van der Waals surface area (Å²) in [5, 5.41) is 1.95. The third-order valence-electron chi connectivity index (χ3n) is 10.8. The fraction of sp³-hybridized carbons (Fsp3) is 0.327. The molecule has 4 aromatic carbocycles. The minimum atomic E-state index is -1.55. The van der Waals surface area contributed by atoms with Gasteiger partial charge in [0.2, 0.25) is 0 Å². The molecular weight excluding hydrogens is 711 g/mol. The first kappa shape index (κ1) is 36.6. The summed E-state index contributed by atoms with van der Waals surface area (Å²) < 4.78 is 31.2. The van der Waals surface area contributed by atoms with E-state index in [1.807, 2.05) is 69.6 Å². The zero-order valence-corrected chi connectivity index (χ0v) is 36.1. The number of imidazole rings is 1. The summed E-state index contributed by atoms with van der Waals surface area (Å²) in [4.78, 5) is 9.54. The van der Waals surface area contributed by atoms with Gasteiger partial charge in [-0.15, -0.1) is 0 Å². The van der Waals surface area contributed by atoms with Crippen LogP contribution >= 0.6 is 0 Å². The van der Waals surface area contributed by atoms with Gasteiger partial charge >= 0.3 is 0 Å². The van der Waals surface area contributed by atoms with Crippen LogP contribution in [0.25, 0.3) is 50.0 Å². The molecule has 8 aromatic rings. The first-order chi connectivity index (χ1) is 28.0. The molecule has 4 aromatic heterocycles. The van der Waals surface area contributed by atoms with Crippen LogP contribution in [-0.2, 0) is 22.6 Å². The van der Waals surface area contributed by atoms with Gasteiger partial charge in [0.15, 0.2) is 0 Å². The Kier molecular flexibility index (Phi) is 8.81.